The number of carbonyl (C=O) groups is 2. The summed E-state index contributed by atoms with van der Waals surface area (Å²) in [5.74, 6) is 0.386. The summed E-state index contributed by atoms with van der Waals surface area (Å²) >= 11 is 0. The highest BCUT2D eigenvalue weighted by molar-refractivity contribution is 5.76. The molecular formula is C16H29N5O2. The van der Waals surface area contributed by atoms with Crippen LogP contribution >= 0.6 is 0 Å². The second kappa shape index (κ2) is 9.99. The first-order valence-electron chi connectivity index (χ1n) is 8.15. The van der Waals surface area contributed by atoms with Crippen LogP contribution in [0.4, 0.5) is 5.69 Å². The van der Waals surface area contributed by atoms with Gasteiger partial charge in [-0.05, 0) is 20.0 Å². The molecule has 0 bridgehead atoms. The topological polar surface area (TPSA) is 70.5 Å². The number of nitrogens with zero attached hydrogens (tertiary/aromatic N) is 4. The third-order valence-electron chi connectivity index (χ3n) is 3.87. The fourth-order valence-corrected chi connectivity index (χ4v) is 2.24. The molecule has 130 valence electrons. The van der Waals surface area contributed by atoms with E-state index in [0.717, 1.165) is 31.5 Å². The average molecular weight is 323 g/mol. The van der Waals surface area contributed by atoms with E-state index in [-0.39, 0.29) is 12.5 Å². The predicted octanol–water partition coefficient (Wildman–Crippen LogP) is 0.960. The van der Waals surface area contributed by atoms with Crippen molar-refractivity contribution in [2.75, 3.05) is 38.6 Å². The van der Waals surface area contributed by atoms with E-state index >= 15 is 0 Å². The molecule has 0 saturated heterocycles. The van der Waals surface area contributed by atoms with E-state index in [1.54, 1.807) is 22.0 Å². The molecule has 0 fully saturated rings. The highest BCUT2D eigenvalue weighted by Gasteiger charge is 2.14. The van der Waals surface area contributed by atoms with Crippen molar-refractivity contribution in [2.24, 2.45) is 5.92 Å². The Bertz CT molecular complexity index is 483. The van der Waals surface area contributed by atoms with Gasteiger partial charge in [-0.2, -0.15) is 5.10 Å². The van der Waals surface area contributed by atoms with Crippen LogP contribution in [0.25, 0.3) is 0 Å². The summed E-state index contributed by atoms with van der Waals surface area (Å²) in [6, 6.07) is 0. The lowest BCUT2D eigenvalue weighted by Crippen LogP contribution is -2.33. The summed E-state index contributed by atoms with van der Waals surface area (Å²) < 4.78 is 1.56. The summed E-state index contributed by atoms with van der Waals surface area (Å²) in [5.41, 5.74) is 0.730. The summed E-state index contributed by atoms with van der Waals surface area (Å²) in [6.45, 7) is 6.49. The first-order chi connectivity index (χ1) is 11.0. The second-order valence-corrected chi connectivity index (χ2v) is 5.99. The van der Waals surface area contributed by atoms with Gasteiger partial charge in [0.2, 0.25) is 12.3 Å². The number of aromatic nitrogens is 2. The molecule has 2 amide bonds. The van der Waals surface area contributed by atoms with Crippen molar-refractivity contribution in [1.82, 2.24) is 20.0 Å². The Morgan fingerprint density at radius 1 is 1.39 bits per heavy atom. The van der Waals surface area contributed by atoms with Crippen LogP contribution in [0.2, 0.25) is 0 Å². The summed E-state index contributed by atoms with van der Waals surface area (Å²) in [7, 11) is 3.92. The minimum absolute atomic E-state index is 0.0841. The molecule has 0 aliphatic carbocycles. The zero-order chi connectivity index (χ0) is 17.2. The third kappa shape index (κ3) is 6.81. The van der Waals surface area contributed by atoms with E-state index < -0.39 is 0 Å². The van der Waals surface area contributed by atoms with Crippen molar-refractivity contribution in [3.63, 3.8) is 0 Å². The molecule has 0 radical (unpaired) electrons. The number of hydrogen-bond acceptors (Lipinski definition) is 4. The first-order valence-corrected chi connectivity index (χ1v) is 8.15. The minimum Gasteiger partial charge on any atom is -0.353 e. The molecule has 0 aromatic carbocycles. The first kappa shape index (κ1) is 19.2. The van der Waals surface area contributed by atoms with Crippen LogP contribution in [-0.2, 0) is 16.1 Å². The maximum Gasteiger partial charge on any atom is 0.241 e. The Kier molecular flexibility index (Phi) is 8.32. The molecule has 7 nitrogen and oxygen atoms in total. The molecule has 7 heteroatoms. The zero-order valence-electron chi connectivity index (χ0n) is 14.7. The molecule has 23 heavy (non-hydrogen) atoms. The van der Waals surface area contributed by atoms with E-state index in [0.29, 0.717) is 19.0 Å². The SMILES string of the molecule is CCC(CC)CN(C=O)c1cnn(CC(=O)NCCN(C)C)c1. The molecule has 0 spiro atoms. The number of rotatable bonds is 11. The summed E-state index contributed by atoms with van der Waals surface area (Å²) in [5, 5.41) is 7.01. The molecule has 1 aromatic heterocycles. The molecule has 0 aliphatic heterocycles. The number of nitrogens with one attached hydrogen (secondary N) is 1. The van der Waals surface area contributed by atoms with Crippen LogP contribution in [0.5, 0.6) is 0 Å². The minimum atomic E-state index is -0.0841. The van der Waals surface area contributed by atoms with Crippen molar-refractivity contribution >= 4 is 18.0 Å². The largest absolute Gasteiger partial charge is 0.353 e. The quantitative estimate of drug-likeness (QED) is 0.616. The van der Waals surface area contributed by atoms with E-state index in [2.05, 4.69) is 24.3 Å². The van der Waals surface area contributed by atoms with Crippen LogP contribution in [0, 0.1) is 5.92 Å². The van der Waals surface area contributed by atoms with Crippen LogP contribution in [-0.4, -0.2) is 60.7 Å². The van der Waals surface area contributed by atoms with Gasteiger partial charge in [0.05, 0.1) is 11.9 Å². The lowest BCUT2D eigenvalue weighted by molar-refractivity contribution is -0.121. The fraction of sp³-hybridized carbons (Fsp3) is 0.688. The van der Waals surface area contributed by atoms with Crippen molar-refractivity contribution < 1.29 is 9.59 Å². The van der Waals surface area contributed by atoms with E-state index in [1.807, 2.05) is 19.0 Å². The number of anilines is 1. The van der Waals surface area contributed by atoms with E-state index in [4.69, 9.17) is 0 Å². The number of carbonyl (C=O) groups excluding carboxylic acids is 2. The highest BCUT2D eigenvalue weighted by Crippen LogP contribution is 2.16. The van der Waals surface area contributed by atoms with E-state index in [1.165, 1.54) is 0 Å². The van der Waals surface area contributed by atoms with Gasteiger partial charge < -0.3 is 15.1 Å². The maximum absolute atomic E-state index is 11.8. The van der Waals surface area contributed by atoms with E-state index in [9.17, 15) is 9.59 Å². The smallest absolute Gasteiger partial charge is 0.241 e. The van der Waals surface area contributed by atoms with Crippen LogP contribution in [0.3, 0.4) is 0 Å². The molecule has 1 N–H and O–H groups in total. The Morgan fingerprint density at radius 3 is 2.65 bits per heavy atom. The number of likely N-dealkylation sites (N-methyl/N-ethyl adjacent to an activating group) is 1. The molecule has 0 aliphatic rings. The van der Waals surface area contributed by atoms with Gasteiger partial charge in [0.25, 0.3) is 0 Å². The van der Waals surface area contributed by atoms with Crippen molar-refractivity contribution in [3.8, 4) is 0 Å². The zero-order valence-corrected chi connectivity index (χ0v) is 14.7. The van der Waals surface area contributed by atoms with Gasteiger partial charge in [-0.1, -0.05) is 26.7 Å². The number of hydrogen-bond donors (Lipinski definition) is 1. The Labute approximate surface area is 138 Å². The average Bonchev–Trinajstić information content (AvgIpc) is 2.96. The van der Waals surface area contributed by atoms with Crippen molar-refractivity contribution in [2.45, 2.75) is 33.2 Å². The van der Waals surface area contributed by atoms with Crippen molar-refractivity contribution in [1.29, 1.82) is 0 Å². The molecule has 0 atom stereocenters. The summed E-state index contributed by atoms with van der Waals surface area (Å²) in [4.78, 5) is 26.8. The van der Waals surface area contributed by atoms with Gasteiger partial charge in [-0.15, -0.1) is 0 Å². The van der Waals surface area contributed by atoms with Gasteiger partial charge in [-0.25, -0.2) is 0 Å². The maximum atomic E-state index is 11.8. The monoisotopic (exact) mass is 323 g/mol. The Hall–Kier alpha value is -1.89. The second-order valence-electron chi connectivity index (χ2n) is 5.99. The fourth-order valence-electron chi connectivity index (χ4n) is 2.24. The Balaban J connectivity index is 2.55. The number of amides is 2. The van der Waals surface area contributed by atoms with Gasteiger partial charge in [-0.3, -0.25) is 14.3 Å². The third-order valence-corrected chi connectivity index (χ3v) is 3.87. The van der Waals surface area contributed by atoms with Crippen LogP contribution in [0.1, 0.15) is 26.7 Å². The highest BCUT2D eigenvalue weighted by atomic mass is 16.2. The lowest BCUT2D eigenvalue weighted by Gasteiger charge is -2.21. The molecule has 1 rings (SSSR count). The lowest BCUT2D eigenvalue weighted by atomic mass is 10.0. The van der Waals surface area contributed by atoms with Gasteiger partial charge in [0.15, 0.2) is 0 Å². The standard InChI is InChI=1S/C16H29N5O2/c1-5-14(6-2)10-20(13-22)15-9-18-21(11-15)12-16(23)17-7-8-19(3)4/h9,11,13-14H,5-8,10,12H2,1-4H3,(H,17,23). The molecule has 0 saturated carbocycles. The normalized spacial score (nSPS) is 11.0. The molecule has 1 aromatic rings. The predicted molar refractivity (Wildman–Crippen MR) is 91.3 cm³/mol. The van der Waals surface area contributed by atoms with Gasteiger partial charge in [0, 0.05) is 25.8 Å². The summed E-state index contributed by atoms with van der Waals surface area (Å²) in [6.07, 6.45) is 6.26. The molecule has 1 heterocycles. The van der Waals surface area contributed by atoms with Crippen LogP contribution in [0.15, 0.2) is 12.4 Å². The van der Waals surface area contributed by atoms with Crippen molar-refractivity contribution in [3.05, 3.63) is 12.4 Å². The van der Waals surface area contributed by atoms with Crippen LogP contribution < -0.4 is 10.2 Å². The van der Waals surface area contributed by atoms with Gasteiger partial charge >= 0.3 is 0 Å². The molecule has 0 unspecified atom stereocenters. The Morgan fingerprint density at radius 2 is 2.09 bits per heavy atom. The molecular weight excluding hydrogens is 294 g/mol. The van der Waals surface area contributed by atoms with Gasteiger partial charge in [0.1, 0.15) is 6.54 Å².